The molecule has 3 heteroatoms. The zero-order valence-electron chi connectivity index (χ0n) is 13.4. The van der Waals surface area contributed by atoms with Crippen molar-refractivity contribution in [1.29, 1.82) is 0 Å². The van der Waals surface area contributed by atoms with Crippen molar-refractivity contribution < 1.29 is 0 Å². The quantitative estimate of drug-likeness (QED) is 0.563. The first-order chi connectivity index (χ1) is 9.22. The van der Waals surface area contributed by atoms with Crippen molar-refractivity contribution in [3.05, 3.63) is 6.42 Å². The number of nitrogens with zero attached hydrogens (tertiary/aromatic N) is 3. The van der Waals surface area contributed by atoms with E-state index in [0.717, 1.165) is 0 Å². The van der Waals surface area contributed by atoms with Crippen LogP contribution in [0.5, 0.6) is 0 Å². The molecule has 0 unspecified atom stereocenters. The molecule has 0 bridgehead atoms. The summed E-state index contributed by atoms with van der Waals surface area (Å²) in [4.78, 5) is 7.53. The lowest BCUT2D eigenvalue weighted by atomic mass is 10.1. The highest BCUT2D eigenvalue weighted by atomic mass is 15.3. The fraction of sp³-hybridized carbons (Fsp3) is 0.938. The molecule has 113 valence electrons. The van der Waals surface area contributed by atoms with Crippen LogP contribution in [0, 0.1) is 6.42 Å². The van der Waals surface area contributed by atoms with Crippen LogP contribution in [0.15, 0.2) is 0 Å². The van der Waals surface area contributed by atoms with Gasteiger partial charge in [-0.25, -0.2) is 0 Å². The summed E-state index contributed by atoms with van der Waals surface area (Å²) in [5.41, 5.74) is 0. The predicted octanol–water partition coefficient (Wildman–Crippen LogP) is 2.34. The first-order valence-electron chi connectivity index (χ1n) is 8.13. The fourth-order valence-corrected chi connectivity index (χ4v) is 2.58. The lowest BCUT2D eigenvalue weighted by Gasteiger charge is -2.35. The van der Waals surface area contributed by atoms with Gasteiger partial charge in [-0.05, 0) is 33.5 Å². The largest absolute Gasteiger partial charge is 0.308 e. The highest BCUT2D eigenvalue weighted by molar-refractivity contribution is 4.72. The lowest BCUT2D eigenvalue weighted by molar-refractivity contribution is 0.124. The van der Waals surface area contributed by atoms with Gasteiger partial charge < -0.3 is 9.80 Å². The molecular weight excluding hydrogens is 234 g/mol. The molecule has 3 nitrogen and oxygen atoms in total. The topological polar surface area (TPSA) is 9.72 Å². The van der Waals surface area contributed by atoms with Crippen LogP contribution >= 0.6 is 0 Å². The van der Waals surface area contributed by atoms with Gasteiger partial charge in [0.15, 0.2) is 0 Å². The number of likely N-dealkylation sites (N-methyl/N-ethyl adjacent to an activating group) is 1. The molecule has 0 amide bonds. The monoisotopic (exact) mass is 268 g/mol. The van der Waals surface area contributed by atoms with Gasteiger partial charge in [0.05, 0.1) is 0 Å². The van der Waals surface area contributed by atoms with Crippen molar-refractivity contribution in [2.24, 2.45) is 0 Å². The van der Waals surface area contributed by atoms with Gasteiger partial charge in [-0.15, -0.1) is 0 Å². The average Bonchev–Trinajstić information content (AvgIpc) is 2.41. The minimum Gasteiger partial charge on any atom is -0.308 e. The van der Waals surface area contributed by atoms with Crippen molar-refractivity contribution in [1.82, 2.24) is 14.7 Å². The van der Waals surface area contributed by atoms with E-state index in [1.165, 1.54) is 77.9 Å². The molecule has 0 aromatic heterocycles. The summed E-state index contributed by atoms with van der Waals surface area (Å²) in [5.74, 6) is 0. The molecule has 0 aromatic carbocycles. The van der Waals surface area contributed by atoms with Crippen LogP contribution in [0.25, 0.3) is 0 Å². The molecule has 1 saturated heterocycles. The Labute approximate surface area is 120 Å². The first-order valence-corrected chi connectivity index (χ1v) is 8.13. The summed E-state index contributed by atoms with van der Waals surface area (Å²) < 4.78 is 0. The maximum atomic E-state index is 2.65. The fourth-order valence-electron chi connectivity index (χ4n) is 2.58. The molecule has 1 rings (SSSR count). The van der Waals surface area contributed by atoms with Crippen molar-refractivity contribution in [3.63, 3.8) is 0 Å². The van der Waals surface area contributed by atoms with E-state index in [-0.39, 0.29) is 0 Å². The molecular formula is C16H34N3. The molecule has 0 spiro atoms. The highest BCUT2D eigenvalue weighted by Gasteiger charge is 2.15. The van der Waals surface area contributed by atoms with E-state index in [4.69, 9.17) is 0 Å². The zero-order chi connectivity index (χ0) is 13.9. The standard InChI is InChI=1S/C16H34N3/c1-4-5-6-7-8-9-10-18-13-15-19(16-14-18)12-11-17(2)3/h5H,4,6-16H2,1-3H3. The van der Waals surface area contributed by atoms with Gasteiger partial charge in [0.25, 0.3) is 0 Å². The van der Waals surface area contributed by atoms with Gasteiger partial charge in [-0.3, -0.25) is 4.90 Å². The summed E-state index contributed by atoms with van der Waals surface area (Å²) in [5, 5.41) is 0. The van der Waals surface area contributed by atoms with Gasteiger partial charge >= 0.3 is 0 Å². The predicted molar refractivity (Wildman–Crippen MR) is 84.5 cm³/mol. The highest BCUT2D eigenvalue weighted by Crippen LogP contribution is 2.07. The minimum atomic E-state index is 1.19. The third-order valence-corrected chi connectivity index (χ3v) is 4.00. The number of rotatable bonds is 10. The van der Waals surface area contributed by atoms with Crippen molar-refractivity contribution >= 4 is 0 Å². The van der Waals surface area contributed by atoms with Gasteiger partial charge in [-0.1, -0.05) is 32.6 Å². The third-order valence-electron chi connectivity index (χ3n) is 4.00. The van der Waals surface area contributed by atoms with Crippen LogP contribution in [0.2, 0.25) is 0 Å². The van der Waals surface area contributed by atoms with E-state index in [1.807, 2.05) is 0 Å². The van der Waals surface area contributed by atoms with E-state index in [1.54, 1.807) is 0 Å². The zero-order valence-corrected chi connectivity index (χ0v) is 13.4. The summed E-state index contributed by atoms with van der Waals surface area (Å²) in [6, 6.07) is 0. The number of hydrogen-bond donors (Lipinski definition) is 0. The average molecular weight is 268 g/mol. The Morgan fingerprint density at radius 3 is 2.11 bits per heavy atom. The Kier molecular flexibility index (Phi) is 9.48. The van der Waals surface area contributed by atoms with Gasteiger partial charge in [-0.2, -0.15) is 0 Å². The Balaban J connectivity index is 1.94. The van der Waals surface area contributed by atoms with Crippen LogP contribution in [0.1, 0.15) is 39.0 Å². The summed E-state index contributed by atoms with van der Waals surface area (Å²) in [7, 11) is 4.32. The van der Waals surface area contributed by atoms with Crippen LogP contribution in [-0.2, 0) is 0 Å². The van der Waals surface area contributed by atoms with Gasteiger partial charge in [0.2, 0.25) is 0 Å². The summed E-state index contributed by atoms with van der Waals surface area (Å²) >= 11 is 0. The van der Waals surface area contributed by atoms with Crippen LogP contribution in [0.3, 0.4) is 0 Å². The van der Waals surface area contributed by atoms with E-state index >= 15 is 0 Å². The Morgan fingerprint density at radius 2 is 1.53 bits per heavy atom. The van der Waals surface area contributed by atoms with Crippen molar-refractivity contribution in [2.75, 3.05) is 59.9 Å². The third kappa shape index (κ3) is 8.61. The van der Waals surface area contributed by atoms with Crippen molar-refractivity contribution in [2.45, 2.75) is 39.0 Å². The number of piperazine rings is 1. The molecule has 0 saturated carbocycles. The van der Waals surface area contributed by atoms with Gasteiger partial charge in [0.1, 0.15) is 0 Å². The summed E-state index contributed by atoms with van der Waals surface area (Å²) in [6.45, 7) is 11.0. The van der Waals surface area contributed by atoms with E-state index < -0.39 is 0 Å². The molecule has 1 radical (unpaired) electrons. The maximum Gasteiger partial charge on any atom is 0.0110 e. The van der Waals surface area contributed by atoms with Crippen LogP contribution in [-0.4, -0.2) is 74.6 Å². The molecule has 1 aliphatic rings. The molecule has 1 aliphatic heterocycles. The first kappa shape index (κ1) is 16.9. The second-order valence-electron chi connectivity index (χ2n) is 6.03. The maximum absolute atomic E-state index is 2.65. The smallest absolute Gasteiger partial charge is 0.0110 e. The minimum absolute atomic E-state index is 1.19. The molecule has 0 aromatic rings. The second kappa shape index (κ2) is 10.6. The number of hydrogen-bond acceptors (Lipinski definition) is 3. The molecule has 0 aliphatic carbocycles. The normalized spacial score (nSPS) is 18.3. The van der Waals surface area contributed by atoms with Gasteiger partial charge in [0, 0.05) is 39.3 Å². The van der Waals surface area contributed by atoms with Crippen LogP contribution < -0.4 is 0 Å². The van der Waals surface area contributed by atoms with E-state index in [9.17, 15) is 0 Å². The Morgan fingerprint density at radius 1 is 0.895 bits per heavy atom. The molecule has 0 N–H and O–H groups in total. The van der Waals surface area contributed by atoms with E-state index in [2.05, 4.69) is 42.1 Å². The molecule has 19 heavy (non-hydrogen) atoms. The second-order valence-corrected chi connectivity index (χ2v) is 6.03. The molecule has 1 fully saturated rings. The SMILES string of the molecule is CC[CH]CCCCCN1CCN(CCN(C)C)CC1. The Hall–Kier alpha value is -0.120. The molecule has 1 heterocycles. The lowest BCUT2D eigenvalue weighted by Crippen LogP contribution is -2.48. The Bertz CT molecular complexity index is 198. The van der Waals surface area contributed by atoms with E-state index in [0.29, 0.717) is 0 Å². The number of unbranched alkanes of at least 4 members (excludes halogenated alkanes) is 5. The van der Waals surface area contributed by atoms with Crippen LogP contribution in [0.4, 0.5) is 0 Å². The molecule has 0 atom stereocenters. The summed E-state index contributed by atoms with van der Waals surface area (Å²) in [6.07, 6.45) is 9.12. The van der Waals surface area contributed by atoms with Crippen molar-refractivity contribution in [3.8, 4) is 0 Å².